The summed E-state index contributed by atoms with van der Waals surface area (Å²) in [5.41, 5.74) is 5.89. The van der Waals surface area contributed by atoms with Crippen molar-refractivity contribution in [3.63, 3.8) is 0 Å². The number of nitrogens with one attached hydrogen (secondary N) is 2. The number of piperazine rings is 1. The normalized spacial score (nSPS) is 15.1. The van der Waals surface area contributed by atoms with E-state index < -0.39 is 5.60 Å². The zero-order chi connectivity index (χ0) is 19.2. The van der Waals surface area contributed by atoms with Crippen LogP contribution in [0.25, 0.3) is 0 Å². The highest BCUT2D eigenvalue weighted by Crippen LogP contribution is 2.11. The Morgan fingerprint density at radius 3 is 2.48 bits per heavy atom. The highest BCUT2D eigenvalue weighted by molar-refractivity contribution is 14.0. The van der Waals surface area contributed by atoms with Crippen molar-refractivity contribution in [2.45, 2.75) is 26.4 Å². The smallest absolute Gasteiger partial charge is 0.410 e. The van der Waals surface area contributed by atoms with Gasteiger partial charge in [0.05, 0.1) is 6.54 Å². The van der Waals surface area contributed by atoms with Crippen molar-refractivity contribution >= 4 is 41.9 Å². The third-order valence-corrected chi connectivity index (χ3v) is 3.67. The standard InChI is InChI=1S/C16H27N7O3.HI/c1-16(2,3)26-15(25)23-10-8-22(9-11-23)14(17)19-7-6-18-13(24)12-4-5-20-21-12;/h4-5H,6-11H2,1-3H3,(H2,17,19)(H,18,24)(H,20,21);1H. The van der Waals surface area contributed by atoms with Crippen molar-refractivity contribution in [2.24, 2.45) is 10.7 Å². The first kappa shape index (κ1) is 23.0. The molecular formula is C16H28IN7O3. The lowest BCUT2D eigenvalue weighted by atomic mass is 10.2. The number of amides is 2. The van der Waals surface area contributed by atoms with Gasteiger partial charge in [0, 0.05) is 38.9 Å². The molecule has 0 radical (unpaired) electrons. The number of aromatic nitrogens is 2. The number of aromatic amines is 1. The zero-order valence-corrected chi connectivity index (χ0v) is 18.2. The summed E-state index contributed by atoms with van der Waals surface area (Å²) in [5.74, 6) is 0.173. The Morgan fingerprint density at radius 2 is 1.93 bits per heavy atom. The molecule has 11 heteroatoms. The quantitative estimate of drug-likeness (QED) is 0.244. The molecule has 0 aromatic carbocycles. The van der Waals surface area contributed by atoms with Gasteiger partial charge in [-0.1, -0.05) is 0 Å². The lowest BCUT2D eigenvalue weighted by Gasteiger charge is -2.36. The van der Waals surface area contributed by atoms with Crippen molar-refractivity contribution < 1.29 is 14.3 Å². The number of ether oxygens (including phenoxy) is 1. The molecule has 1 saturated heterocycles. The van der Waals surface area contributed by atoms with Crippen LogP contribution in [0.2, 0.25) is 0 Å². The molecule has 1 aliphatic heterocycles. The Labute approximate surface area is 175 Å². The van der Waals surface area contributed by atoms with Gasteiger partial charge in [-0.15, -0.1) is 24.0 Å². The van der Waals surface area contributed by atoms with Crippen molar-refractivity contribution in [1.82, 2.24) is 25.3 Å². The van der Waals surface area contributed by atoms with Gasteiger partial charge in [0.15, 0.2) is 5.96 Å². The lowest BCUT2D eigenvalue weighted by molar-refractivity contribution is 0.0186. The summed E-state index contributed by atoms with van der Waals surface area (Å²) in [4.78, 5) is 31.6. The van der Waals surface area contributed by atoms with Crippen LogP contribution in [0.5, 0.6) is 0 Å². The van der Waals surface area contributed by atoms with Gasteiger partial charge in [-0.05, 0) is 26.8 Å². The Hall–Kier alpha value is -2.05. The first-order valence-corrected chi connectivity index (χ1v) is 8.56. The van der Waals surface area contributed by atoms with Crippen molar-refractivity contribution in [3.8, 4) is 0 Å². The van der Waals surface area contributed by atoms with E-state index in [0.717, 1.165) is 0 Å². The molecular weight excluding hydrogens is 465 g/mol. The number of rotatable bonds is 4. The minimum atomic E-state index is -0.505. The Bertz CT molecular complexity index is 635. The van der Waals surface area contributed by atoms with E-state index in [1.807, 2.05) is 25.7 Å². The van der Waals surface area contributed by atoms with E-state index in [-0.39, 0.29) is 36.0 Å². The van der Waals surface area contributed by atoms with Crippen LogP contribution in [0.15, 0.2) is 17.3 Å². The van der Waals surface area contributed by atoms with Crippen LogP contribution in [-0.4, -0.2) is 82.8 Å². The van der Waals surface area contributed by atoms with Gasteiger partial charge in [-0.25, -0.2) is 4.79 Å². The van der Waals surface area contributed by atoms with E-state index in [1.54, 1.807) is 11.0 Å². The summed E-state index contributed by atoms with van der Waals surface area (Å²) in [5, 5.41) is 9.04. The zero-order valence-electron chi connectivity index (χ0n) is 15.9. The minimum Gasteiger partial charge on any atom is -0.444 e. The number of carbonyl (C=O) groups excluding carboxylic acids is 2. The molecule has 0 atom stereocenters. The molecule has 4 N–H and O–H groups in total. The molecule has 0 saturated carbocycles. The predicted molar refractivity (Wildman–Crippen MR) is 112 cm³/mol. The topological polar surface area (TPSA) is 129 Å². The third-order valence-electron chi connectivity index (χ3n) is 3.67. The third kappa shape index (κ3) is 7.61. The molecule has 0 spiro atoms. The second kappa shape index (κ2) is 10.3. The molecule has 1 aliphatic rings. The monoisotopic (exact) mass is 493 g/mol. The van der Waals surface area contributed by atoms with Crippen LogP contribution in [0.3, 0.4) is 0 Å². The number of guanidine groups is 1. The van der Waals surface area contributed by atoms with E-state index in [2.05, 4.69) is 20.5 Å². The van der Waals surface area contributed by atoms with Crippen LogP contribution in [0.4, 0.5) is 4.79 Å². The molecule has 2 amide bonds. The van der Waals surface area contributed by atoms with E-state index in [1.165, 1.54) is 6.20 Å². The van der Waals surface area contributed by atoms with Crippen LogP contribution in [-0.2, 0) is 4.74 Å². The van der Waals surface area contributed by atoms with Gasteiger partial charge in [0.2, 0.25) is 0 Å². The Balaban J connectivity index is 0.00000364. The molecule has 1 aromatic heterocycles. The molecule has 0 unspecified atom stereocenters. The van der Waals surface area contributed by atoms with Crippen molar-refractivity contribution in [1.29, 1.82) is 0 Å². The maximum absolute atomic E-state index is 12.0. The molecule has 1 fully saturated rings. The van der Waals surface area contributed by atoms with E-state index in [9.17, 15) is 9.59 Å². The van der Waals surface area contributed by atoms with Gasteiger partial charge in [0.25, 0.3) is 5.91 Å². The van der Waals surface area contributed by atoms with Gasteiger partial charge in [-0.2, -0.15) is 5.10 Å². The molecule has 10 nitrogen and oxygen atoms in total. The number of halogens is 1. The van der Waals surface area contributed by atoms with Crippen molar-refractivity contribution in [3.05, 3.63) is 18.0 Å². The maximum atomic E-state index is 12.0. The number of hydrogen-bond donors (Lipinski definition) is 3. The second-order valence-corrected chi connectivity index (χ2v) is 6.92. The number of nitrogens with zero attached hydrogens (tertiary/aromatic N) is 4. The summed E-state index contributed by atoms with van der Waals surface area (Å²) in [7, 11) is 0. The van der Waals surface area contributed by atoms with Crippen LogP contribution >= 0.6 is 24.0 Å². The number of H-pyrrole nitrogens is 1. The number of nitrogens with two attached hydrogens (primary N) is 1. The van der Waals surface area contributed by atoms with E-state index in [0.29, 0.717) is 50.9 Å². The fourth-order valence-electron chi connectivity index (χ4n) is 2.36. The van der Waals surface area contributed by atoms with E-state index >= 15 is 0 Å². The SMILES string of the molecule is CC(C)(C)OC(=O)N1CCN(C(N)=NCCNC(=O)c2ccn[nH]2)CC1.I. The largest absolute Gasteiger partial charge is 0.444 e. The summed E-state index contributed by atoms with van der Waals surface area (Å²) < 4.78 is 5.37. The van der Waals surface area contributed by atoms with E-state index in [4.69, 9.17) is 10.5 Å². The maximum Gasteiger partial charge on any atom is 0.410 e. The highest BCUT2D eigenvalue weighted by Gasteiger charge is 2.26. The second-order valence-electron chi connectivity index (χ2n) is 6.92. The molecule has 0 aliphatic carbocycles. The average Bonchev–Trinajstić information content (AvgIpc) is 3.11. The van der Waals surface area contributed by atoms with Gasteiger partial charge in [0.1, 0.15) is 11.3 Å². The first-order valence-electron chi connectivity index (χ1n) is 8.56. The molecule has 0 bridgehead atoms. The van der Waals surface area contributed by atoms with Gasteiger partial charge in [-0.3, -0.25) is 14.9 Å². The van der Waals surface area contributed by atoms with Crippen LogP contribution in [0, 0.1) is 0 Å². The predicted octanol–water partition coefficient (Wildman–Crippen LogP) is 0.625. The fraction of sp³-hybridized carbons (Fsp3) is 0.625. The number of aliphatic imine (C=N–C) groups is 1. The Morgan fingerprint density at radius 1 is 1.30 bits per heavy atom. The van der Waals surface area contributed by atoms with Gasteiger partial charge < -0.3 is 25.6 Å². The Kier molecular flexibility index (Phi) is 8.79. The van der Waals surface area contributed by atoms with Crippen molar-refractivity contribution in [2.75, 3.05) is 39.3 Å². The summed E-state index contributed by atoms with van der Waals surface area (Å²) in [6.45, 7) is 8.52. The molecule has 2 rings (SSSR count). The summed E-state index contributed by atoms with van der Waals surface area (Å²) in [6, 6.07) is 1.59. The first-order chi connectivity index (χ1) is 12.3. The molecule has 152 valence electrons. The molecule has 1 aromatic rings. The minimum absolute atomic E-state index is 0. The van der Waals surface area contributed by atoms with Crippen LogP contribution in [0.1, 0.15) is 31.3 Å². The lowest BCUT2D eigenvalue weighted by Crippen LogP contribution is -2.53. The summed E-state index contributed by atoms with van der Waals surface area (Å²) in [6.07, 6.45) is 1.20. The number of carbonyl (C=O) groups is 2. The van der Waals surface area contributed by atoms with Gasteiger partial charge >= 0.3 is 6.09 Å². The van der Waals surface area contributed by atoms with Crippen LogP contribution < -0.4 is 11.1 Å². The summed E-state index contributed by atoms with van der Waals surface area (Å²) >= 11 is 0. The highest BCUT2D eigenvalue weighted by atomic mass is 127. The average molecular weight is 493 g/mol. The number of hydrogen-bond acceptors (Lipinski definition) is 5. The molecule has 27 heavy (non-hydrogen) atoms. The molecule has 2 heterocycles. The fourth-order valence-corrected chi connectivity index (χ4v) is 2.36.